The van der Waals surface area contributed by atoms with Crippen LogP contribution < -0.4 is 0 Å². The van der Waals surface area contributed by atoms with Gasteiger partial charge in [-0.2, -0.15) is 11.8 Å². The number of hydrogen-bond acceptors (Lipinski definition) is 3. The molecule has 0 spiro atoms. The van der Waals surface area contributed by atoms with Crippen molar-refractivity contribution in [1.82, 2.24) is 0 Å². The molecule has 1 aromatic carbocycles. The van der Waals surface area contributed by atoms with Gasteiger partial charge in [0.15, 0.2) is 11.4 Å². The van der Waals surface area contributed by atoms with E-state index in [9.17, 15) is 9.50 Å². The summed E-state index contributed by atoms with van der Waals surface area (Å²) in [5.74, 6) is 0.899. The van der Waals surface area contributed by atoms with Gasteiger partial charge in [0.05, 0.1) is 0 Å². The molecule has 1 unspecified atom stereocenters. The molecule has 0 saturated heterocycles. The van der Waals surface area contributed by atoms with E-state index in [2.05, 4.69) is 0 Å². The largest absolute Gasteiger partial charge is 0.455 e. The van der Waals surface area contributed by atoms with Crippen LogP contribution in [0.4, 0.5) is 4.39 Å². The summed E-state index contributed by atoms with van der Waals surface area (Å²) in [5.41, 5.74) is 0.223. The van der Waals surface area contributed by atoms with Gasteiger partial charge in [-0.05, 0) is 30.6 Å². The van der Waals surface area contributed by atoms with Gasteiger partial charge in [-0.25, -0.2) is 4.39 Å². The first kappa shape index (κ1) is 11.5. The molecular weight excluding hydrogens is 227 g/mol. The van der Waals surface area contributed by atoms with Crippen LogP contribution in [0.5, 0.6) is 0 Å². The first-order valence-corrected chi connectivity index (χ1v) is 6.46. The van der Waals surface area contributed by atoms with Crippen LogP contribution in [0.2, 0.25) is 0 Å². The summed E-state index contributed by atoms with van der Waals surface area (Å²) < 4.78 is 18.7. The molecule has 86 valence electrons. The second-order valence-electron chi connectivity index (χ2n) is 3.60. The molecule has 0 aliphatic carbocycles. The smallest absolute Gasteiger partial charge is 0.170 e. The quantitative estimate of drug-likeness (QED) is 0.889. The van der Waals surface area contributed by atoms with Gasteiger partial charge in [-0.15, -0.1) is 0 Å². The molecule has 0 saturated carbocycles. The highest BCUT2D eigenvalue weighted by molar-refractivity contribution is 7.98. The number of thioether (sulfide) groups is 1. The Kier molecular flexibility index (Phi) is 3.51. The molecule has 4 heteroatoms. The maximum absolute atomic E-state index is 13.3. The average Bonchev–Trinajstić information content (AvgIpc) is 2.71. The molecule has 0 bridgehead atoms. The number of fused-ring (bicyclic) bond motifs is 1. The fourth-order valence-corrected chi connectivity index (χ4v) is 2.04. The third-order valence-corrected chi connectivity index (χ3v) is 3.08. The van der Waals surface area contributed by atoms with Crippen molar-refractivity contribution in [2.45, 2.75) is 12.5 Å². The van der Waals surface area contributed by atoms with Crippen molar-refractivity contribution in [3.63, 3.8) is 0 Å². The summed E-state index contributed by atoms with van der Waals surface area (Å²) in [6.45, 7) is 0. The van der Waals surface area contributed by atoms with Gasteiger partial charge in [0.1, 0.15) is 11.9 Å². The Labute approximate surface area is 97.5 Å². The number of hydrogen-bond donors (Lipinski definition) is 1. The van der Waals surface area contributed by atoms with E-state index < -0.39 is 6.10 Å². The summed E-state index contributed by atoms with van der Waals surface area (Å²) in [5, 5.41) is 10.5. The van der Waals surface area contributed by atoms with Crippen LogP contribution in [0.25, 0.3) is 11.0 Å². The van der Waals surface area contributed by atoms with Gasteiger partial charge in [0.25, 0.3) is 0 Å². The van der Waals surface area contributed by atoms with Crippen LogP contribution in [0.15, 0.2) is 28.7 Å². The van der Waals surface area contributed by atoms with E-state index in [0.717, 1.165) is 5.75 Å². The minimum Gasteiger partial charge on any atom is -0.455 e. The minimum absolute atomic E-state index is 0.223. The molecule has 16 heavy (non-hydrogen) atoms. The predicted molar refractivity (Wildman–Crippen MR) is 64.1 cm³/mol. The van der Waals surface area contributed by atoms with Crippen molar-refractivity contribution in [1.29, 1.82) is 0 Å². The monoisotopic (exact) mass is 240 g/mol. The van der Waals surface area contributed by atoms with Crippen LogP contribution in [-0.4, -0.2) is 17.1 Å². The summed E-state index contributed by atoms with van der Waals surface area (Å²) in [6, 6.07) is 6.45. The molecular formula is C12H13FO2S. The minimum atomic E-state index is -0.653. The number of aliphatic hydroxyl groups excluding tert-OH is 1. The van der Waals surface area contributed by atoms with Gasteiger partial charge in [0, 0.05) is 5.39 Å². The first-order chi connectivity index (χ1) is 7.72. The molecule has 0 aliphatic heterocycles. The maximum Gasteiger partial charge on any atom is 0.170 e. The van der Waals surface area contributed by atoms with Crippen molar-refractivity contribution >= 4 is 22.7 Å². The van der Waals surface area contributed by atoms with E-state index in [1.54, 1.807) is 30.0 Å². The van der Waals surface area contributed by atoms with Crippen LogP contribution in [-0.2, 0) is 0 Å². The van der Waals surface area contributed by atoms with E-state index in [-0.39, 0.29) is 11.4 Å². The highest BCUT2D eigenvalue weighted by Crippen LogP contribution is 2.27. The summed E-state index contributed by atoms with van der Waals surface area (Å²) >= 11 is 1.66. The number of para-hydroxylation sites is 1. The van der Waals surface area contributed by atoms with E-state index in [1.165, 1.54) is 6.07 Å². The standard InChI is InChI=1S/C12H13FO2S/c1-16-6-5-10(14)11-7-8-3-2-4-9(13)12(8)15-11/h2-4,7,10,14H,5-6H2,1H3. The summed E-state index contributed by atoms with van der Waals surface area (Å²) in [7, 11) is 0. The summed E-state index contributed by atoms with van der Waals surface area (Å²) in [6.07, 6.45) is 1.94. The van der Waals surface area contributed by atoms with Gasteiger partial charge in [0.2, 0.25) is 0 Å². The van der Waals surface area contributed by atoms with Crippen molar-refractivity contribution in [3.05, 3.63) is 35.8 Å². The summed E-state index contributed by atoms with van der Waals surface area (Å²) in [4.78, 5) is 0. The molecule has 0 radical (unpaired) electrons. The molecule has 0 aliphatic rings. The lowest BCUT2D eigenvalue weighted by Crippen LogP contribution is -1.96. The Bertz CT molecular complexity index is 481. The van der Waals surface area contributed by atoms with E-state index in [0.29, 0.717) is 17.6 Å². The zero-order valence-corrected chi connectivity index (χ0v) is 9.76. The Hall–Kier alpha value is -1.00. The first-order valence-electron chi connectivity index (χ1n) is 5.07. The Morgan fingerprint density at radius 1 is 1.50 bits per heavy atom. The molecule has 0 amide bonds. The molecule has 0 fully saturated rings. The van der Waals surface area contributed by atoms with E-state index >= 15 is 0 Å². The molecule has 2 rings (SSSR count). The molecule has 2 nitrogen and oxygen atoms in total. The Balaban J connectivity index is 2.29. The number of rotatable bonds is 4. The molecule has 1 aromatic heterocycles. The normalized spacial score (nSPS) is 13.2. The SMILES string of the molecule is CSCCC(O)c1cc2cccc(F)c2o1. The van der Waals surface area contributed by atoms with Crippen molar-refractivity contribution in [2.24, 2.45) is 0 Å². The van der Waals surface area contributed by atoms with Crippen LogP contribution in [0, 0.1) is 5.82 Å². The second-order valence-corrected chi connectivity index (χ2v) is 4.59. The highest BCUT2D eigenvalue weighted by atomic mass is 32.2. The van der Waals surface area contributed by atoms with Crippen LogP contribution in [0.3, 0.4) is 0 Å². The molecule has 1 heterocycles. The maximum atomic E-state index is 13.3. The lowest BCUT2D eigenvalue weighted by molar-refractivity contribution is 0.149. The highest BCUT2D eigenvalue weighted by Gasteiger charge is 2.14. The predicted octanol–water partition coefficient (Wildman–Crippen LogP) is 3.36. The Morgan fingerprint density at radius 3 is 3.00 bits per heavy atom. The van der Waals surface area contributed by atoms with Crippen LogP contribution >= 0.6 is 11.8 Å². The number of halogens is 1. The van der Waals surface area contributed by atoms with Gasteiger partial charge < -0.3 is 9.52 Å². The van der Waals surface area contributed by atoms with Gasteiger partial charge >= 0.3 is 0 Å². The zero-order valence-electron chi connectivity index (χ0n) is 8.94. The second kappa shape index (κ2) is 4.89. The van der Waals surface area contributed by atoms with Gasteiger partial charge in [-0.3, -0.25) is 0 Å². The third kappa shape index (κ3) is 2.23. The fraction of sp³-hybridized carbons (Fsp3) is 0.333. The number of benzene rings is 1. The molecule has 2 aromatic rings. The van der Waals surface area contributed by atoms with Crippen molar-refractivity contribution in [3.8, 4) is 0 Å². The third-order valence-electron chi connectivity index (χ3n) is 2.44. The topological polar surface area (TPSA) is 33.4 Å². The van der Waals surface area contributed by atoms with Gasteiger partial charge in [-0.1, -0.05) is 12.1 Å². The lowest BCUT2D eigenvalue weighted by atomic mass is 10.2. The molecule has 1 atom stereocenters. The van der Waals surface area contributed by atoms with Crippen molar-refractivity contribution < 1.29 is 13.9 Å². The average molecular weight is 240 g/mol. The van der Waals surface area contributed by atoms with Crippen molar-refractivity contribution in [2.75, 3.05) is 12.0 Å². The zero-order chi connectivity index (χ0) is 11.5. The van der Waals surface area contributed by atoms with Crippen LogP contribution in [0.1, 0.15) is 18.3 Å². The fourth-order valence-electron chi connectivity index (χ4n) is 1.58. The number of aliphatic hydroxyl groups is 1. The lowest BCUT2D eigenvalue weighted by Gasteiger charge is -2.04. The molecule has 1 N–H and O–H groups in total. The number of furan rings is 1. The van der Waals surface area contributed by atoms with E-state index in [4.69, 9.17) is 4.42 Å². The van der Waals surface area contributed by atoms with E-state index in [1.807, 2.05) is 6.26 Å². The Morgan fingerprint density at radius 2 is 2.31 bits per heavy atom.